The molecule has 0 aliphatic carbocycles. The summed E-state index contributed by atoms with van der Waals surface area (Å²) in [6.45, 7) is 8.38. The van der Waals surface area contributed by atoms with Crippen molar-refractivity contribution in [2.24, 2.45) is 5.92 Å². The predicted molar refractivity (Wildman–Crippen MR) is 114 cm³/mol. The van der Waals surface area contributed by atoms with Gasteiger partial charge >= 0.3 is 5.97 Å². The molecule has 0 atom stereocenters. The number of imidazole rings is 1. The zero-order valence-corrected chi connectivity index (χ0v) is 18.2. The second kappa shape index (κ2) is 10.0. The van der Waals surface area contributed by atoms with Crippen molar-refractivity contribution < 1.29 is 14.3 Å². The molecule has 158 valence electrons. The van der Waals surface area contributed by atoms with Crippen LogP contribution in [0.1, 0.15) is 55.6 Å². The molecule has 1 saturated heterocycles. The maximum atomic E-state index is 12.6. The quantitative estimate of drug-likeness (QED) is 0.663. The lowest BCUT2D eigenvalue weighted by Crippen LogP contribution is -2.39. The number of esters is 1. The van der Waals surface area contributed by atoms with Gasteiger partial charge in [0.2, 0.25) is 5.91 Å². The van der Waals surface area contributed by atoms with Gasteiger partial charge < -0.3 is 14.6 Å². The van der Waals surface area contributed by atoms with Crippen LogP contribution in [-0.4, -0.2) is 52.6 Å². The van der Waals surface area contributed by atoms with Gasteiger partial charge in [0.05, 0.1) is 25.0 Å². The molecular weight excluding hydrogens is 388 g/mol. The number of carbonyl (C=O) groups excluding carboxylic acids is 2. The molecule has 1 aliphatic rings. The second-order valence-electron chi connectivity index (χ2n) is 7.85. The van der Waals surface area contributed by atoms with Crippen molar-refractivity contribution in [1.29, 1.82) is 0 Å². The van der Waals surface area contributed by atoms with E-state index >= 15 is 0 Å². The number of thiophene rings is 1. The summed E-state index contributed by atoms with van der Waals surface area (Å²) < 4.78 is 7.37. The van der Waals surface area contributed by atoms with E-state index in [2.05, 4.69) is 33.6 Å². The summed E-state index contributed by atoms with van der Waals surface area (Å²) in [5.74, 6) is -0.0338. The predicted octanol–water partition coefficient (Wildman–Crippen LogP) is 3.60. The van der Waals surface area contributed by atoms with Gasteiger partial charge in [-0.1, -0.05) is 13.8 Å². The zero-order chi connectivity index (χ0) is 20.8. The number of hydrogen-bond acceptors (Lipinski definition) is 6. The van der Waals surface area contributed by atoms with E-state index in [0.717, 1.165) is 37.9 Å². The van der Waals surface area contributed by atoms with E-state index in [-0.39, 0.29) is 11.9 Å². The van der Waals surface area contributed by atoms with Crippen LogP contribution in [0.15, 0.2) is 24.1 Å². The van der Waals surface area contributed by atoms with E-state index in [9.17, 15) is 9.59 Å². The summed E-state index contributed by atoms with van der Waals surface area (Å²) in [6, 6.07) is 0.447. The number of piperidine rings is 1. The zero-order valence-electron chi connectivity index (χ0n) is 17.4. The van der Waals surface area contributed by atoms with Crippen molar-refractivity contribution in [3.63, 3.8) is 0 Å². The van der Waals surface area contributed by atoms with E-state index in [1.54, 1.807) is 13.1 Å². The first-order chi connectivity index (χ1) is 14.0. The van der Waals surface area contributed by atoms with Crippen LogP contribution in [-0.2, 0) is 16.0 Å². The number of hydrogen-bond donors (Lipinski definition) is 1. The Hall–Kier alpha value is -2.19. The summed E-state index contributed by atoms with van der Waals surface area (Å²) in [7, 11) is 0. The Labute approximate surface area is 176 Å². The summed E-state index contributed by atoms with van der Waals surface area (Å²) in [5, 5.41) is 5.50. The van der Waals surface area contributed by atoms with Gasteiger partial charge in [0.15, 0.2) is 0 Å². The summed E-state index contributed by atoms with van der Waals surface area (Å²) in [6.07, 6.45) is 8.42. The van der Waals surface area contributed by atoms with Gasteiger partial charge in [-0.25, -0.2) is 9.78 Å². The molecule has 0 saturated carbocycles. The fraction of sp³-hybridized carbons (Fsp3) is 0.571. The number of nitrogens with zero attached hydrogens (tertiary/aromatic N) is 3. The van der Waals surface area contributed by atoms with Crippen LogP contribution >= 0.6 is 11.3 Å². The Balaban J connectivity index is 1.59. The van der Waals surface area contributed by atoms with Gasteiger partial charge in [-0.2, -0.15) is 0 Å². The Kier molecular flexibility index (Phi) is 7.44. The molecule has 0 bridgehead atoms. The van der Waals surface area contributed by atoms with Crippen LogP contribution < -0.4 is 5.32 Å². The average Bonchev–Trinajstić information content (AvgIpc) is 3.32. The van der Waals surface area contributed by atoms with Gasteiger partial charge in [-0.3, -0.25) is 9.69 Å². The Bertz CT molecular complexity index is 808. The van der Waals surface area contributed by atoms with Crippen LogP contribution in [0.25, 0.3) is 0 Å². The minimum atomic E-state index is -0.360. The molecule has 1 aliphatic heterocycles. The summed E-state index contributed by atoms with van der Waals surface area (Å²) in [5.41, 5.74) is 1.46. The number of likely N-dealkylation sites (tertiary alicyclic amines) is 1. The number of ether oxygens (including phenoxy) is 1. The molecule has 7 nitrogen and oxygen atoms in total. The molecule has 2 aromatic heterocycles. The normalized spacial score (nSPS) is 15.6. The third-order valence-electron chi connectivity index (χ3n) is 5.10. The first-order valence-corrected chi connectivity index (χ1v) is 11.1. The highest BCUT2D eigenvalue weighted by Gasteiger charge is 2.25. The minimum Gasteiger partial charge on any atom is -0.462 e. The van der Waals surface area contributed by atoms with Crippen molar-refractivity contribution in [1.82, 2.24) is 14.5 Å². The van der Waals surface area contributed by atoms with Gasteiger partial charge in [-0.15, -0.1) is 11.3 Å². The third-order valence-corrected chi connectivity index (χ3v) is 6.04. The maximum absolute atomic E-state index is 12.6. The smallest absolute Gasteiger partial charge is 0.341 e. The molecular formula is C21H30N4O3S. The Morgan fingerprint density at radius 2 is 2.10 bits per heavy atom. The molecule has 0 aromatic carbocycles. The van der Waals surface area contributed by atoms with Gasteiger partial charge in [0.25, 0.3) is 0 Å². The number of nitrogens with one attached hydrogen (secondary N) is 1. The Morgan fingerprint density at radius 1 is 1.34 bits per heavy atom. The van der Waals surface area contributed by atoms with E-state index in [4.69, 9.17) is 4.74 Å². The fourth-order valence-corrected chi connectivity index (χ4v) is 4.71. The number of amides is 1. The number of carbonyl (C=O) groups is 2. The van der Waals surface area contributed by atoms with Crippen LogP contribution in [0, 0.1) is 5.92 Å². The lowest BCUT2D eigenvalue weighted by molar-refractivity contribution is -0.117. The van der Waals surface area contributed by atoms with Gasteiger partial charge in [0.1, 0.15) is 5.00 Å². The summed E-state index contributed by atoms with van der Waals surface area (Å²) in [4.78, 5) is 31.4. The second-order valence-corrected chi connectivity index (χ2v) is 8.73. The molecule has 3 rings (SSSR count). The highest BCUT2D eigenvalue weighted by molar-refractivity contribution is 7.15. The van der Waals surface area contributed by atoms with Crippen molar-refractivity contribution in [3.8, 4) is 0 Å². The molecule has 1 fully saturated rings. The van der Waals surface area contributed by atoms with Crippen molar-refractivity contribution in [3.05, 3.63) is 35.2 Å². The van der Waals surface area contributed by atoms with Crippen molar-refractivity contribution in [2.75, 3.05) is 31.6 Å². The molecule has 0 unspecified atom stereocenters. The van der Waals surface area contributed by atoms with Crippen molar-refractivity contribution >= 4 is 28.2 Å². The maximum Gasteiger partial charge on any atom is 0.341 e. The summed E-state index contributed by atoms with van der Waals surface area (Å²) >= 11 is 1.40. The average molecular weight is 419 g/mol. The fourth-order valence-electron chi connectivity index (χ4n) is 3.73. The SMILES string of the molecule is CCOC(=O)c1c(CC(C)C)csc1NC(=O)CN1CCC(n2ccnc2)CC1. The molecule has 0 spiro atoms. The minimum absolute atomic E-state index is 0.0884. The van der Waals surface area contributed by atoms with E-state index in [0.29, 0.717) is 35.7 Å². The highest BCUT2D eigenvalue weighted by Crippen LogP contribution is 2.31. The monoisotopic (exact) mass is 418 g/mol. The van der Waals surface area contributed by atoms with E-state index in [1.165, 1.54) is 11.3 Å². The lowest BCUT2D eigenvalue weighted by Gasteiger charge is -2.31. The van der Waals surface area contributed by atoms with Crippen LogP contribution in [0.4, 0.5) is 5.00 Å². The van der Waals surface area contributed by atoms with Crippen LogP contribution in [0.5, 0.6) is 0 Å². The van der Waals surface area contributed by atoms with E-state index < -0.39 is 0 Å². The standard InChI is InChI=1S/C21H30N4O3S/c1-4-28-21(27)19-16(11-15(2)3)13-29-20(19)23-18(26)12-24-8-5-17(6-9-24)25-10-7-22-14-25/h7,10,13-15,17H,4-6,8-9,11-12H2,1-3H3,(H,23,26). The molecule has 0 radical (unpaired) electrons. The van der Waals surface area contributed by atoms with Crippen LogP contribution in [0.3, 0.4) is 0 Å². The third kappa shape index (κ3) is 5.67. The van der Waals surface area contributed by atoms with Gasteiger partial charge in [0, 0.05) is 31.5 Å². The molecule has 2 aromatic rings. The van der Waals surface area contributed by atoms with Crippen LogP contribution in [0.2, 0.25) is 0 Å². The lowest BCUT2D eigenvalue weighted by atomic mass is 10.0. The topological polar surface area (TPSA) is 76.5 Å². The molecule has 3 heterocycles. The molecule has 29 heavy (non-hydrogen) atoms. The number of anilines is 1. The largest absolute Gasteiger partial charge is 0.462 e. The van der Waals surface area contributed by atoms with Gasteiger partial charge in [-0.05, 0) is 43.0 Å². The van der Waals surface area contributed by atoms with E-state index in [1.807, 2.05) is 17.9 Å². The first-order valence-electron chi connectivity index (χ1n) is 10.2. The molecule has 8 heteroatoms. The molecule has 1 amide bonds. The first kappa shape index (κ1) is 21.5. The number of aromatic nitrogens is 2. The number of rotatable bonds is 8. The molecule has 1 N–H and O–H groups in total. The Morgan fingerprint density at radius 3 is 2.72 bits per heavy atom. The highest BCUT2D eigenvalue weighted by atomic mass is 32.1. The van der Waals surface area contributed by atoms with Crippen molar-refractivity contribution in [2.45, 2.75) is 46.1 Å².